The van der Waals surface area contributed by atoms with Gasteiger partial charge in [0.15, 0.2) is 0 Å². The van der Waals surface area contributed by atoms with Crippen LogP contribution in [0, 0.1) is 0 Å². The van der Waals surface area contributed by atoms with Gasteiger partial charge in [0.1, 0.15) is 5.82 Å². The third-order valence-electron chi connectivity index (χ3n) is 5.68. The number of aromatic nitrogens is 3. The van der Waals surface area contributed by atoms with Gasteiger partial charge in [-0.25, -0.2) is 15.0 Å². The number of esters is 1. The van der Waals surface area contributed by atoms with E-state index < -0.39 is 0 Å². The second-order valence-corrected chi connectivity index (χ2v) is 7.95. The van der Waals surface area contributed by atoms with Gasteiger partial charge in [-0.2, -0.15) is 0 Å². The molecule has 2 aromatic heterocycles. The van der Waals surface area contributed by atoms with E-state index in [2.05, 4.69) is 27.4 Å². The van der Waals surface area contributed by atoms with Crippen molar-refractivity contribution in [1.82, 2.24) is 15.0 Å². The Morgan fingerprint density at radius 2 is 1.90 bits per heavy atom. The van der Waals surface area contributed by atoms with Crippen LogP contribution >= 0.6 is 0 Å². The summed E-state index contributed by atoms with van der Waals surface area (Å²) in [6, 6.07) is 4.70. The zero-order valence-electron chi connectivity index (χ0n) is 18.7. The van der Waals surface area contributed by atoms with Crippen molar-refractivity contribution in [2.75, 3.05) is 25.6 Å². The lowest BCUT2D eigenvalue weighted by molar-refractivity contribution is -0.145. The van der Waals surface area contributed by atoms with E-state index in [1.165, 1.54) is 31.2 Å². The average molecular weight is 427 g/mol. The summed E-state index contributed by atoms with van der Waals surface area (Å²) in [4.78, 5) is 25.4. The lowest BCUT2D eigenvalue weighted by Gasteiger charge is -2.17. The molecule has 3 heterocycles. The first-order valence-electron chi connectivity index (χ1n) is 11.5. The van der Waals surface area contributed by atoms with Gasteiger partial charge in [0.05, 0.1) is 19.6 Å². The molecule has 0 aromatic carbocycles. The van der Waals surface area contributed by atoms with Crippen LogP contribution in [0.5, 0.6) is 6.01 Å². The SMILES string of the molecule is CCOC(=O)C(CCCCCCCc1ccc2c(n1)NCCC2)c1cnc(OC)nc1. The fourth-order valence-electron chi connectivity index (χ4n) is 3.97. The Hall–Kier alpha value is -2.70. The molecule has 1 atom stereocenters. The number of fused-ring (bicyclic) bond motifs is 1. The molecule has 0 aliphatic carbocycles. The van der Waals surface area contributed by atoms with E-state index in [-0.39, 0.29) is 11.9 Å². The fraction of sp³-hybridized carbons (Fsp3) is 0.583. The van der Waals surface area contributed by atoms with Crippen LogP contribution < -0.4 is 10.1 Å². The first-order chi connectivity index (χ1) is 15.2. The summed E-state index contributed by atoms with van der Waals surface area (Å²) in [6.45, 7) is 3.23. The van der Waals surface area contributed by atoms with Gasteiger partial charge in [-0.05, 0) is 50.7 Å². The van der Waals surface area contributed by atoms with Crippen molar-refractivity contribution in [2.45, 2.75) is 70.6 Å². The Morgan fingerprint density at radius 1 is 1.13 bits per heavy atom. The topological polar surface area (TPSA) is 86.2 Å². The number of hydrogen-bond donors (Lipinski definition) is 1. The molecular formula is C24H34N4O3. The van der Waals surface area contributed by atoms with Crippen LogP contribution in [0.3, 0.4) is 0 Å². The van der Waals surface area contributed by atoms with E-state index in [1.807, 2.05) is 6.92 Å². The average Bonchev–Trinajstić information content (AvgIpc) is 2.81. The zero-order valence-corrected chi connectivity index (χ0v) is 18.7. The third-order valence-corrected chi connectivity index (χ3v) is 5.68. The van der Waals surface area contributed by atoms with Gasteiger partial charge < -0.3 is 14.8 Å². The molecule has 0 saturated heterocycles. The molecule has 1 aliphatic rings. The minimum Gasteiger partial charge on any atom is -0.467 e. The molecule has 0 bridgehead atoms. The number of ether oxygens (including phenoxy) is 2. The van der Waals surface area contributed by atoms with Gasteiger partial charge in [-0.3, -0.25) is 4.79 Å². The minimum atomic E-state index is -0.321. The summed E-state index contributed by atoms with van der Waals surface area (Å²) >= 11 is 0. The molecule has 1 N–H and O–H groups in total. The molecule has 7 nitrogen and oxygen atoms in total. The lowest BCUT2D eigenvalue weighted by Crippen LogP contribution is -2.16. The van der Waals surface area contributed by atoms with Crippen molar-refractivity contribution in [2.24, 2.45) is 0 Å². The van der Waals surface area contributed by atoms with Gasteiger partial charge in [0, 0.05) is 30.2 Å². The highest BCUT2D eigenvalue weighted by Gasteiger charge is 2.22. The second kappa shape index (κ2) is 12.2. The molecule has 0 spiro atoms. The Kier molecular flexibility index (Phi) is 9.06. The summed E-state index contributed by atoms with van der Waals surface area (Å²) in [5.74, 6) is 0.553. The smallest absolute Gasteiger partial charge is 0.316 e. The zero-order chi connectivity index (χ0) is 21.9. The number of anilines is 1. The molecule has 31 heavy (non-hydrogen) atoms. The number of pyridine rings is 1. The molecule has 0 fully saturated rings. The van der Waals surface area contributed by atoms with Crippen molar-refractivity contribution < 1.29 is 14.3 Å². The number of hydrogen-bond acceptors (Lipinski definition) is 7. The third kappa shape index (κ3) is 6.91. The molecule has 3 rings (SSSR count). The molecule has 1 aliphatic heterocycles. The van der Waals surface area contributed by atoms with E-state index in [9.17, 15) is 4.79 Å². The van der Waals surface area contributed by atoms with E-state index in [1.54, 1.807) is 12.4 Å². The maximum atomic E-state index is 12.4. The summed E-state index contributed by atoms with van der Waals surface area (Å²) in [6.07, 6.45) is 12.9. The first kappa shape index (κ1) is 23.0. The molecule has 1 unspecified atom stereocenters. The normalized spacial score (nSPS) is 13.7. The standard InChI is InChI=1S/C24H34N4O3/c1-3-31-23(29)21(19-16-26-24(30-2)27-17-19)12-8-6-4-5-7-11-20-14-13-18-10-9-15-25-22(18)28-20/h13-14,16-17,21H,3-12,15H2,1-2H3,(H,25,28). The molecule has 0 saturated carbocycles. The van der Waals surface area contributed by atoms with Gasteiger partial charge >= 0.3 is 12.0 Å². The first-order valence-corrected chi connectivity index (χ1v) is 11.5. The van der Waals surface area contributed by atoms with Crippen molar-refractivity contribution >= 4 is 11.8 Å². The molecule has 0 radical (unpaired) electrons. The van der Waals surface area contributed by atoms with Crippen LogP contribution in [0.2, 0.25) is 0 Å². The highest BCUT2D eigenvalue weighted by molar-refractivity contribution is 5.77. The maximum Gasteiger partial charge on any atom is 0.316 e. The summed E-state index contributed by atoms with van der Waals surface area (Å²) in [5, 5.41) is 3.41. The molecule has 2 aromatic rings. The highest BCUT2D eigenvalue weighted by Crippen LogP contribution is 2.25. The summed E-state index contributed by atoms with van der Waals surface area (Å²) in [5.41, 5.74) is 3.30. The van der Waals surface area contributed by atoms with Crippen LogP contribution in [-0.2, 0) is 22.4 Å². The fourth-order valence-corrected chi connectivity index (χ4v) is 3.97. The summed E-state index contributed by atoms with van der Waals surface area (Å²) < 4.78 is 10.3. The predicted octanol–water partition coefficient (Wildman–Crippen LogP) is 4.47. The molecule has 7 heteroatoms. The number of methoxy groups -OCH3 is 1. The van der Waals surface area contributed by atoms with Gasteiger partial charge in [0.2, 0.25) is 0 Å². The molecule has 168 valence electrons. The maximum absolute atomic E-state index is 12.4. The van der Waals surface area contributed by atoms with Crippen LogP contribution in [0.4, 0.5) is 5.82 Å². The Balaban J connectivity index is 1.38. The van der Waals surface area contributed by atoms with E-state index in [0.717, 1.165) is 62.9 Å². The van der Waals surface area contributed by atoms with Crippen molar-refractivity contribution in [3.63, 3.8) is 0 Å². The quantitative estimate of drug-likeness (QED) is 0.396. The van der Waals surface area contributed by atoms with E-state index >= 15 is 0 Å². The number of rotatable bonds is 12. The number of carbonyl (C=O) groups is 1. The Labute approximate surface area is 185 Å². The van der Waals surface area contributed by atoms with Crippen LogP contribution in [0.15, 0.2) is 24.5 Å². The van der Waals surface area contributed by atoms with E-state index in [4.69, 9.17) is 14.5 Å². The van der Waals surface area contributed by atoms with Crippen molar-refractivity contribution in [3.8, 4) is 6.01 Å². The second-order valence-electron chi connectivity index (χ2n) is 7.95. The largest absolute Gasteiger partial charge is 0.467 e. The van der Waals surface area contributed by atoms with Gasteiger partial charge in [-0.15, -0.1) is 0 Å². The number of nitrogens with zero attached hydrogens (tertiary/aromatic N) is 3. The number of carbonyl (C=O) groups excluding carboxylic acids is 1. The Bertz CT molecular complexity index is 826. The summed E-state index contributed by atoms with van der Waals surface area (Å²) in [7, 11) is 1.52. The number of aryl methyl sites for hydroxylation is 2. The predicted molar refractivity (Wildman–Crippen MR) is 120 cm³/mol. The monoisotopic (exact) mass is 426 g/mol. The Morgan fingerprint density at radius 3 is 2.68 bits per heavy atom. The molecular weight excluding hydrogens is 392 g/mol. The van der Waals surface area contributed by atoms with E-state index in [0.29, 0.717) is 12.6 Å². The van der Waals surface area contributed by atoms with Gasteiger partial charge in [-0.1, -0.05) is 31.7 Å². The highest BCUT2D eigenvalue weighted by atomic mass is 16.5. The number of nitrogens with one attached hydrogen (secondary N) is 1. The minimum absolute atomic E-state index is 0.205. The lowest BCUT2D eigenvalue weighted by atomic mass is 9.95. The molecule has 0 amide bonds. The van der Waals surface area contributed by atoms with Crippen molar-refractivity contribution in [1.29, 1.82) is 0 Å². The van der Waals surface area contributed by atoms with Crippen molar-refractivity contribution in [3.05, 3.63) is 41.3 Å². The van der Waals surface area contributed by atoms with Crippen LogP contribution in [0.1, 0.15) is 74.6 Å². The van der Waals surface area contributed by atoms with Crippen LogP contribution in [0.25, 0.3) is 0 Å². The number of unbranched alkanes of at least 4 members (excludes halogenated alkanes) is 4. The van der Waals surface area contributed by atoms with Crippen LogP contribution in [-0.4, -0.2) is 41.2 Å². The van der Waals surface area contributed by atoms with Gasteiger partial charge in [0.25, 0.3) is 0 Å².